The number of hydrogen-bond donors (Lipinski definition) is 1. The van der Waals surface area contributed by atoms with Gasteiger partial charge in [0.1, 0.15) is 0 Å². The van der Waals surface area contributed by atoms with E-state index < -0.39 is 0 Å². The van der Waals surface area contributed by atoms with Gasteiger partial charge in [0.25, 0.3) is 0 Å². The molecule has 1 aromatic heterocycles. The summed E-state index contributed by atoms with van der Waals surface area (Å²) in [6.45, 7) is 0. The van der Waals surface area contributed by atoms with Crippen LogP contribution >= 0.6 is 34.9 Å². The molecule has 0 fully saturated rings. The van der Waals surface area contributed by atoms with Crippen molar-refractivity contribution in [3.05, 3.63) is 26.8 Å². The maximum absolute atomic E-state index is 5.69. The second-order valence-electron chi connectivity index (χ2n) is 1.58. The second-order valence-corrected chi connectivity index (χ2v) is 3.87. The van der Waals surface area contributed by atoms with E-state index in [0.29, 0.717) is 0 Å². The zero-order valence-electron chi connectivity index (χ0n) is 5.08. The normalized spacial score (nSPS) is 11.0. The van der Waals surface area contributed by atoms with Gasteiger partial charge in [0.05, 0.1) is 4.34 Å². The van der Waals surface area contributed by atoms with Crippen LogP contribution in [0, 0.1) is 0 Å². The van der Waals surface area contributed by atoms with Crippen molar-refractivity contribution in [1.82, 2.24) is 0 Å². The molecular formula is C6H6ClNS2. The van der Waals surface area contributed by atoms with Crippen LogP contribution in [0.25, 0.3) is 6.08 Å². The van der Waals surface area contributed by atoms with Gasteiger partial charge in [0.2, 0.25) is 0 Å². The summed E-state index contributed by atoms with van der Waals surface area (Å²) in [5.74, 6) is 0. The Morgan fingerprint density at radius 1 is 1.60 bits per heavy atom. The Kier molecular flexibility index (Phi) is 3.28. The summed E-state index contributed by atoms with van der Waals surface area (Å²) in [4.78, 5) is 1.13. The van der Waals surface area contributed by atoms with Gasteiger partial charge in [-0.05, 0) is 23.6 Å². The van der Waals surface area contributed by atoms with E-state index >= 15 is 0 Å². The first-order chi connectivity index (χ1) is 4.83. The van der Waals surface area contributed by atoms with Gasteiger partial charge >= 0.3 is 0 Å². The molecule has 1 nitrogen and oxygen atoms in total. The molecule has 1 heterocycles. The minimum atomic E-state index is 0.807. The van der Waals surface area contributed by atoms with E-state index in [1.54, 1.807) is 0 Å². The van der Waals surface area contributed by atoms with Gasteiger partial charge in [-0.3, -0.25) is 5.14 Å². The molecule has 0 unspecified atom stereocenters. The van der Waals surface area contributed by atoms with E-state index in [9.17, 15) is 0 Å². The highest BCUT2D eigenvalue weighted by molar-refractivity contribution is 8.00. The molecule has 4 heteroatoms. The van der Waals surface area contributed by atoms with Crippen LogP contribution in [-0.4, -0.2) is 0 Å². The lowest BCUT2D eigenvalue weighted by Gasteiger charge is -1.79. The lowest BCUT2D eigenvalue weighted by Crippen LogP contribution is -1.66. The molecule has 10 heavy (non-hydrogen) atoms. The first kappa shape index (κ1) is 8.14. The number of rotatable bonds is 2. The standard InChI is InChI=1S/C6H6ClNS2/c7-6-2-1-5(10-6)3-4-9-8/h1-4H,8H2/b4-3+. The average molecular weight is 192 g/mol. The third kappa shape index (κ3) is 2.34. The van der Waals surface area contributed by atoms with Crippen LogP contribution in [0.5, 0.6) is 0 Å². The number of nitrogens with two attached hydrogens (primary N) is 1. The Balaban J connectivity index is 2.67. The van der Waals surface area contributed by atoms with E-state index in [-0.39, 0.29) is 0 Å². The Labute approximate surface area is 73.0 Å². The molecule has 54 valence electrons. The van der Waals surface area contributed by atoms with E-state index in [2.05, 4.69) is 0 Å². The molecule has 0 aliphatic rings. The van der Waals surface area contributed by atoms with Crippen LogP contribution in [0.3, 0.4) is 0 Å². The minimum absolute atomic E-state index is 0.807. The molecule has 0 radical (unpaired) electrons. The van der Waals surface area contributed by atoms with Crippen molar-refractivity contribution < 1.29 is 0 Å². The summed E-state index contributed by atoms with van der Waals surface area (Å²) in [5.41, 5.74) is 0. The SMILES string of the molecule is NS/C=C/c1ccc(Cl)s1. The topological polar surface area (TPSA) is 26.0 Å². The maximum atomic E-state index is 5.69. The fraction of sp³-hybridized carbons (Fsp3) is 0. The van der Waals surface area contributed by atoms with Crippen molar-refractivity contribution in [3.8, 4) is 0 Å². The highest BCUT2D eigenvalue weighted by Gasteiger charge is 1.90. The molecule has 0 saturated heterocycles. The zero-order valence-corrected chi connectivity index (χ0v) is 7.47. The summed E-state index contributed by atoms with van der Waals surface area (Å²) >= 11 is 8.41. The molecule has 0 bridgehead atoms. The van der Waals surface area contributed by atoms with Gasteiger partial charge in [-0.25, -0.2) is 0 Å². The zero-order chi connectivity index (χ0) is 7.40. The largest absolute Gasteiger partial charge is 0.274 e. The van der Waals surface area contributed by atoms with Crippen LogP contribution in [0.2, 0.25) is 4.34 Å². The molecule has 2 N–H and O–H groups in total. The fourth-order valence-corrected chi connectivity index (χ4v) is 1.80. The average Bonchev–Trinajstić information content (AvgIpc) is 2.31. The van der Waals surface area contributed by atoms with Crippen LogP contribution < -0.4 is 5.14 Å². The van der Waals surface area contributed by atoms with Crippen molar-refractivity contribution >= 4 is 41.0 Å². The molecule has 0 aliphatic heterocycles. The van der Waals surface area contributed by atoms with Crippen LogP contribution in [0.4, 0.5) is 0 Å². The quantitative estimate of drug-likeness (QED) is 0.728. The first-order valence-corrected chi connectivity index (χ1v) is 4.74. The predicted octanol–water partition coefficient (Wildman–Crippen LogP) is 2.98. The summed E-state index contributed by atoms with van der Waals surface area (Å²) < 4.78 is 0.807. The van der Waals surface area contributed by atoms with Crippen molar-refractivity contribution in [2.24, 2.45) is 5.14 Å². The molecule has 0 spiro atoms. The van der Waals surface area contributed by atoms with Gasteiger partial charge in [0.15, 0.2) is 0 Å². The smallest absolute Gasteiger partial charge is 0.0934 e. The Bertz CT molecular complexity index is 231. The Hall–Kier alpha value is 0.0400. The molecular weight excluding hydrogens is 186 g/mol. The van der Waals surface area contributed by atoms with E-state index in [0.717, 1.165) is 9.21 Å². The monoisotopic (exact) mass is 191 g/mol. The van der Waals surface area contributed by atoms with Crippen molar-refractivity contribution in [3.63, 3.8) is 0 Å². The van der Waals surface area contributed by atoms with Crippen molar-refractivity contribution in [1.29, 1.82) is 0 Å². The third-order valence-corrected chi connectivity index (χ3v) is 2.39. The molecule has 0 aromatic carbocycles. The van der Waals surface area contributed by atoms with Gasteiger partial charge in [0, 0.05) is 4.88 Å². The lowest BCUT2D eigenvalue weighted by atomic mass is 10.5. The van der Waals surface area contributed by atoms with E-state index in [1.807, 2.05) is 23.6 Å². The van der Waals surface area contributed by atoms with Crippen LogP contribution in [0.15, 0.2) is 17.5 Å². The van der Waals surface area contributed by atoms with Gasteiger partial charge < -0.3 is 0 Å². The summed E-state index contributed by atoms with van der Waals surface area (Å²) in [6.07, 6.45) is 1.93. The van der Waals surface area contributed by atoms with E-state index in [1.165, 1.54) is 23.3 Å². The molecule has 0 saturated carbocycles. The number of hydrogen-bond acceptors (Lipinski definition) is 3. The number of thiophene rings is 1. The summed E-state index contributed by atoms with van der Waals surface area (Å²) in [6, 6.07) is 3.83. The van der Waals surface area contributed by atoms with Crippen molar-refractivity contribution in [2.45, 2.75) is 0 Å². The third-order valence-electron chi connectivity index (χ3n) is 0.905. The summed E-state index contributed by atoms with van der Waals surface area (Å²) in [7, 11) is 0. The second kappa shape index (κ2) is 4.03. The lowest BCUT2D eigenvalue weighted by molar-refractivity contribution is 1.95. The van der Waals surface area contributed by atoms with Crippen LogP contribution in [0.1, 0.15) is 4.88 Å². The van der Waals surface area contributed by atoms with E-state index in [4.69, 9.17) is 16.7 Å². The number of halogens is 1. The molecule has 0 atom stereocenters. The van der Waals surface area contributed by atoms with Gasteiger partial charge in [-0.1, -0.05) is 23.5 Å². The summed E-state index contributed by atoms with van der Waals surface area (Å²) in [5, 5.41) is 7.01. The van der Waals surface area contributed by atoms with Gasteiger partial charge in [-0.15, -0.1) is 11.3 Å². The van der Waals surface area contributed by atoms with Crippen molar-refractivity contribution in [2.75, 3.05) is 0 Å². The van der Waals surface area contributed by atoms with Gasteiger partial charge in [-0.2, -0.15) is 0 Å². The molecule has 1 aromatic rings. The first-order valence-electron chi connectivity index (χ1n) is 2.60. The fourth-order valence-electron chi connectivity index (χ4n) is 0.524. The highest BCUT2D eigenvalue weighted by Crippen LogP contribution is 2.22. The molecule has 0 amide bonds. The predicted molar refractivity (Wildman–Crippen MR) is 50.1 cm³/mol. The van der Waals surface area contributed by atoms with Crippen LogP contribution in [-0.2, 0) is 0 Å². The minimum Gasteiger partial charge on any atom is -0.274 e. The Morgan fingerprint density at radius 3 is 2.90 bits per heavy atom. The maximum Gasteiger partial charge on any atom is 0.0934 e. The Morgan fingerprint density at radius 2 is 2.40 bits per heavy atom. The molecule has 1 rings (SSSR count). The highest BCUT2D eigenvalue weighted by atomic mass is 35.5. The molecule has 0 aliphatic carbocycles.